The molecule has 21 heavy (non-hydrogen) atoms. The molecule has 0 aliphatic rings. The van der Waals surface area contributed by atoms with Gasteiger partial charge in [0.25, 0.3) is 5.91 Å². The Balaban J connectivity index is 1.78. The fourth-order valence-electron chi connectivity index (χ4n) is 1.98. The number of carbonyl (C=O) groups is 1. The molecule has 2 aromatic carbocycles. The number of amides is 1. The summed E-state index contributed by atoms with van der Waals surface area (Å²) in [5.41, 5.74) is 1.66. The highest BCUT2D eigenvalue weighted by Crippen LogP contribution is 2.23. The Morgan fingerprint density at radius 3 is 2.52 bits per heavy atom. The smallest absolute Gasteiger partial charge is 0.291 e. The van der Waals surface area contributed by atoms with Crippen molar-refractivity contribution in [3.05, 3.63) is 77.0 Å². The Bertz CT molecular complexity index is 765. The van der Waals surface area contributed by atoms with Gasteiger partial charge in [0.2, 0.25) is 0 Å². The molecule has 0 aliphatic carbocycles. The number of rotatable bonds is 3. The number of furan rings is 1. The summed E-state index contributed by atoms with van der Waals surface area (Å²) in [5, 5.41) is 2.80. The van der Waals surface area contributed by atoms with Crippen LogP contribution in [-0.4, -0.2) is 5.91 Å². The summed E-state index contributed by atoms with van der Waals surface area (Å²) in [4.78, 5) is 12.1. The van der Waals surface area contributed by atoms with Crippen molar-refractivity contribution in [2.75, 3.05) is 5.32 Å². The first kappa shape index (κ1) is 13.6. The topological polar surface area (TPSA) is 42.2 Å². The lowest BCUT2D eigenvalue weighted by molar-refractivity contribution is 0.0997. The second-order valence-corrected chi connectivity index (χ2v) is 5.41. The van der Waals surface area contributed by atoms with Crippen molar-refractivity contribution in [3.63, 3.8) is 0 Å². The minimum Gasteiger partial charge on any atom is -0.451 e. The molecule has 0 saturated carbocycles. The standard InChI is InChI=1S/C17H12BrNO2/c18-13-7-4-8-14(11-13)19-17(20)16-10-9-15(21-16)12-5-2-1-3-6-12/h1-11H,(H,19,20). The van der Waals surface area contributed by atoms with Crippen LogP contribution in [0.3, 0.4) is 0 Å². The first-order valence-electron chi connectivity index (χ1n) is 6.44. The van der Waals surface area contributed by atoms with Gasteiger partial charge in [-0.2, -0.15) is 0 Å². The molecule has 104 valence electrons. The lowest BCUT2D eigenvalue weighted by atomic mass is 10.2. The molecule has 1 amide bonds. The van der Waals surface area contributed by atoms with Gasteiger partial charge in [-0.3, -0.25) is 4.79 Å². The minimum absolute atomic E-state index is 0.268. The zero-order chi connectivity index (χ0) is 14.7. The number of hydrogen-bond donors (Lipinski definition) is 1. The summed E-state index contributed by atoms with van der Waals surface area (Å²) in [6, 6.07) is 20.6. The lowest BCUT2D eigenvalue weighted by Gasteiger charge is -2.03. The molecule has 1 aromatic heterocycles. The number of anilines is 1. The van der Waals surface area contributed by atoms with Crippen LogP contribution in [-0.2, 0) is 0 Å². The third-order valence-corrected chi connectivity index (χ3v) is 3.46. The van der Waals surface area contributed by atoms with Gasteiger partial charge in [0, 0.05) is 15.7 Å². The molecule has 0 spiro atoms. The molecule has 3 nitrogen and oxygen atoms in total. The van der Waals surface area contributed by atoms with Crippen molar-refractivity contribution in [1.29, 1.82) is 0 Å². The highest BCUT2D eigenvalue weighted by atomic mass is 79.9. The van der Waals surface area contributed by atoms with E-state index in [1.807, 2.05) is 54.6 Å². The van der Waals surface area contributed by atoms with Crippen molar-refractivity contribution in [1.82, 2.24) is 0 Å². The molecule has 0 saturated heterocycles. The Hall–Kier alpha value is -2.33. The first-order chi connectivity index (χ1) is 10.2. The van der Waals surface area contributed by atoms with Gasteiger partial charge in [-0.1, -0.05) is 52.3 Å². The molecule has 4 heteroatoms. The largest absolute Gasteiger partial charge is 0.451 e. The van der Waals surface area contributed by atoms with E-state index in [-0.39, 0.29) is 11.7 Å². The van der Waals surface area contributed by atoms with Crippen molar-refractivity contribution < 1.29 is 9.21 Å². The molecule has 0 unspecified atom stereocenters. The molecule has 1 N–H and O–H groups in total. The average molecular weight is 342 g/mol. The van der Waals surface area contributed by atoms with Gasteiger partial charge in [-0.25, -0.2) is 0 Å². The summed E-state index contributed by atoms with van der Waals surface area (Å²) in [6.45, 7) is 0. The Kier molecular flexibility index (Phi) is 3.88. The van der Waals surface area contributed by atoms with E-state index in [4.69, 9.17) is 4.42 Å². The fourth-order valence-corrected chi connectivity index (χ4v) is 2.38. The highest BCUT2D eigenvalue weighted by molar-refractivity contribution is 9.10. The maximum absolute atomic E-state index is 12.1. The lowest BCUT2D eigenvalue weighted by Crippen LogP contribution is -2.10. The number of nitrogens with one attached hydrogen (secondary N) is 1. The van der Waals surface area contributed by atoms with E-state index in [9.17, 15) is 4.79 Å². The number of benzene rings is 2. The van der Waals surface area contributed by atoms with Gasteiger partial charge < -0.3 is 9.73 Å². The van der Waals surface area contributed by atoms with Crippen LogP contribution in [0.4, 0.5) is 5.69 Å². The third-order valence-electron chi connectivity index (χ3n) is 2.97. The Morgan fingerprint density at radius 2 is 1.76 bits per heavy atom. The molecule has 0 fully saturated rings. The van der Waals surface area contributed by atoms with Gasteiger partial charge >= 0.3 is 0 Å². The molecular formula is C17H12BrNO2. The maximum atomic E-state index is 12.1. The van der Waals surface area contributed by atoms with Crippen LogP contribution in [0.5, 0.6) is 0 Å². The third kappa shape index (κ3) is 3.23. The first-order valence-corrected chi connectivity index (χ1v) is 7.24. The molecule has 0 aliphatic heterocycles. The van der Waals surface area contributed by atoms with Crippen LogP contribution in [0, 0.1) is 0 Å². The van der Waals surface area contributed by atoms with Crippen molar-refractivity contribution >= 4 is 27.5 Å². The second-order valence-electron chi connectivity index (χ2n) is 4.49. The summed E-state index contributed by atoms with van der Waals surface area (Å²) < 4.78 is 6.52. The monoisotopic (exact) mass is 341 g/mol. The van der Waals surface area contributed by atoms with Crippen molar-refractivity contribution in [2.24, 2.45) is 0 Å². The van der Waals surface area contributed by atoms with E-state index in [2.05, 4.69) is 21.2 Å². The normalized spacial score (nSPS) is 10.3. The molecular weight excluding hydrogens is 330 g/mol. The second kappa shape index (κ2) is 5.97. The predicted molar refractivity (Wildman–Crippen MR) is 86.2 cm³/mol. The van der Waals surface area contributed by atoms with Crippen LogP contribution in [0.15, 0.2) is 75.6 Å². The molecule has 0 radical (unpaired) electrons. The Morgan fingerprint density at radius 1 is 0.952 bits per heavy atom. The zero-order valence-electron chi connectivity index (χ0n) is 11.0. The van der Waals surface area contributed by atoms with Crippen LogP contribution >= 0.6 is 15.9 Å². The van der Waals surface area contributed by atoms with E-state index >= 15 is 0 Å². The van der Waals surface area contributed by atoms with Gasteiger partial charge in [0.1, 0.15) is 5.76 Å². The zero-order valence-corrected chi connectivity index (χ0v) is 12.6. The molecule has 0 atom stereocenters. The predicted octanol–water partition coefficient (Wildman–Crippen LogP) is 4.96. The van der Waals surface area contributed by atoms with Gasteiger partial charge in [-0.15, -0.1) is 0 Å². The van der Waals surface area contributed by atoms with Gasteiger partial charge in [0.15, 0.2) is 5.76 Å². The van der Waals surface area contributed by atoms with Crippen LogP contribution in [0.1, 0.15) is 10.6 Å². The van der Waals surface area contributed by atoms with E-state index < -0.39 is 0 Å². The van der Waals surface area contributed by atoms with E-state index in [1.165, 1.54) is 0 Å². The van der Waals surface area contributed by atoms with Crippen LogP contribution in [0.25, 0.3) is 11.3 Å². The average Bonchev–Trinajstić information content (AvgIpc) is 2.98. The van der Waals surface area contributed by atoms with Crippen LogP contribution < -0.4 is 5.32 Å². The quantitative estimate of drug-likeness (QED) is 0.731. The number of hydrogen-bond acceptors (Lipinski definition) is 2. The van der Waals surface area contributed by atoms with Crippen molar-refractivity contribution in [3.8, 4) is 11.3 Å². The van der Waals surface area contributed by atoms with Gasteiger partial charge in [0.05, 0.1) is 0 Å². The van der Waals surface area contributed by atoms with Gasteiger partial charge in [-0.05, 0) is 30.3 Å². The summed E-state index contributed by atoms with van der Waals surface area (Å²) in [6.07, 6.45) is 0. The number of carbonyl (C=O) groups excluding carboxylic acids is 1. The maximum Gasteiger partial charge on any atom is 0.291 e. The summed E-state index contributed by atoms with van der Waals surface area (Å²) in [5.74, 6) is 0.694. The molecule has 0 bridgehead atoms. The van der Waals surface area contributed by atoms with Crippen LogP contribution in [0.2, 0.25) is 0 Å². The summed E-state index contributed by atoms with van der Waals surface area (Å²) >= 11 is 3.37. The molecule has 3 aromatic rings. The van der Waals surface area contributed by atoms with E-state index in [0.717, 1.165) is 10.0 Å². The summed E-state index contributed by atoms with van der Waals surface area (Å²) in [7, 11) is 0. The van der Waals surface area contributed by atoms with Crippen molar-refractivity contribution in [2.45, 2.75) is 0 Å². The molecule has 1 heterocycles. The highest BCUT2D eigenvalue weighted by Gasteiger charge is 2.12. The molecule has 3 rings (SSSR count). The Labute approximate surface area is 130 Å². The van der Waals surface area contributed by atoms with E-state index in [1.54, 1.807) is 12.1 Å². The number of halogens is 1. The minimum atomic E-state index is -0.268. The SMILES string of the molecule is O=C(Nc1cccc(Br)c1)c1ccc(-c2ccccc2)o1. The fraction of sp³-hybridized carbons (Fsp3) is 0. The van der Waals surface area contributed by atoms with E-state index in [0.29, 0.717) is 11.4 Å².